The zero-order valence-corrected chi connectivity index (χ0v) is 12.1. The Labute approximate surface area is 119 Å². The molecular formula is C15H20N4O. The smallest absolute Gasteiger partial charge is 0.224 e. The van der Waals surface area contributed by atoms with Crippen molar-refractivity contribution in [1.82, 2.24) is 15.1 Å². The van der Waals surface area contributed by atoms with E-state index in [-0.39, 0.29) is 11.9 Å². The van der Waals surface area contributed by atoms with Crippen LogP contribution in [-0.2, 0) is 18.3 Å². The molecule has 0 radical (unpaired) electrons. The Bertz CT molecular complexity index is 574. The molecular weight excluding hydrogens is 252 g/mol. The number of carbonyl (C=O) groups is 1. The van der Waals surface area contributed by atoms with Gasteiger partial charge in [0.15, 0.2) is 0 Å². The van der Waals surface area contributed by atoms with Crippen LogP contribution in [0.1, 0.15) is 24.1 Å². The molecule has 1 aromatic heterocycles. The van der Waals surface area contributed by atoms with Crippen molar-refractivity contribution in [3.8, 4) is 0 Å². The Morgan fingerprint density at radius 2 is 2.05 bits per heavy atom. The monoisotopic (exact) mass is 272 g/mol. The lowest BCUT2D eigenvalue weighted by Gasteiger charge is -2.14. The van der Waals surface area contributed by atoms with Crippen molar-refractivity contribution in [1.29, 1.82) is 0 Å². The number of hydrogen-bond acceptors (Lipinski definition) is 3. The standard InChI is InChI=1S/C15H20N4O/c1-11(13-9-17-19(3)10-13)18-14-6-4-12(5-7-14)8-15(20)16-2/h4-7,9-11,18H,8H2,1-3H3,(H,16,20). The molecule has 0 aliphatic heterocycles. The predicted molar refractivity (Wildman–Crippen MR) is 79.5 cm³/mol. The third-order valence-electron chi connectivity index (χ3n) is 3.21. The Balaban J connectivity index is 1.98. The fourth-order valence-electron chi connectivity index (χ4n) is 1.99. The van der Waals surface area contributed by atoms with E-state index in [2.05, 4.69) is 22.7 Å². The highest BCUT2D eigenvalue weighted by Gasteiger charge is 2.07. The van der Waals surface area contributed by atoms with Crippen LogP contribution in [0.5, 0.6) is 0 Å². The highest BCUT2D eigenvalue weighted by Crippen LogP contribution is 2.19. The summed E-state index contributed by atoms with van der Waals surface area (Å²) in [5.41, 5.74) is 3.17. The molecule has 106 valence electrons. The quantitative estimate of drug-likeness (QED) is 0.873. The van der Waals surface area contributed by atoms with E-state index in [9.17, 15) is 4.79 Å². The lowest BCUT2D eigenvalue weighted by Crippen LogP contribution is -2.19. The van der Waals surface area contributed by atoms with Gasteiger partial charge in [-0.05, 0) is 24.6 Å². The van der Waals surface area contributed by atoms with Crippen molar-refractivity contribution in [2.45, 2.75) is 19.4 Å². The first-order valence-electron chi connectivity index (χ1n) is 6.63. The second-order valence-electron chi connectivity index (χ2n) is 4.86. The number of amides is 1. The van der Waals surface area contributed by atoms with Gasteiger partial charge in [-0.2, -0.15) is 5.10 Å². The van der Waals surface area contributed by atoms with E-state index in [0.717, 1.165) is 16.8 Å². The molecule has 0 bridgehead atoms. The van der Waals surface area contributed by atoms with E-state index in [1.54, 1.807) is 11.7 Å². The molecule has 1 amide bonds. The average Bonchev–Trinajstić information content (AvgIpc) is 2.87. The summed E-state index contributed by atoms with van der Waals surface area (Å²) < 4.78 is 1.79. The summed E-state index contributed by atoms with van der Waals surface area (Å²) >= 11 is 0. The van der Waals surface area contributed by atoms with E-state index >= 15 is 0 Å². The van der Waals surface area contributed by atoms with E-state index in [0.29, 0.717) is 6.42 Å². The van der Waals surface area contributed by atoms with Gasteiger partial charge in [0.1, 0.15) is 0 Å². The molecule has 0 aliphatic carbocycles. The molecule has 0 spiro atoms. The maximum Gasteiger partial charge on any atom is 0.224 e. The summed E-state index contributed by atoms with van der Waals surface area (Å²) in [7, 11) is 3.55. The van der Waals surface area contributed by atoms with Crippen molar-refractivity contribution in [2.24, 2.45) is 7.05 Å². The molecule has 2 rings (SSSR count). The summed E-state index contributed by atoms with van der Waals surface area (Å²) in [4.78, 5) is 11.3. The zero-order chi connectivity index (χ0) is 14.5. The second-order valence-corrected chi connectivity index (χ2v) is 4.86. The first-order chi connectivity index (χ1) is 9.58. The number of anilines is 1. The van der Waals surface area contributed by atoms with Crippen LogP contribution in [0, 0.1) is 0 Å². The number of likely N-dealkylation sites (N-methyl/N-ethyl adjacent to an activating group) is 1. The van der Waals surface area contributed by atoms with Crippen molar-refractivity contribution < 1.29 is 4.79 Å². The van der Waals surface area contributed by atoms with Gasteiger partial charge in [0, 0.05) is 31.5 Å². The minimum Gasteiger partial charge on any atom is -0.378 e. The average molecular weight is 272 g/mol. The number of aromatic nitrogens is 2. The minimum atomic E-state index is 0.0226. The van der Waals surface area contributed by atoms with Gasteiger partial charge in [-0.15, -0.1) is 0 Å². The zero-order valence-electron chi connectivity index (χ0n) is 12.1. The fraction of sp³-hybridized carbons (Fsp3) is 0.333. The third kappa shape index (κ3) is 3.60. The molecule has 1 aromatic carbocycles. The predicted octanol–water partition coefficient (Wildman–Crippen LogP) is 1.88. The number of hydrogen-bond donors (Lipinski definition) is 2. The largest absolute Gasteiger partial charge is 0.378 e. The topological polar surface area (TPSA) is 59.0 Å². The third-order valence-corrected chi connectivity index (χ3v) is 3.21. The molecule has 1 unspecified atom stereocenters. The van der Waals surface area contributed by atoms with Gasteiger partial charge in [-0.25, -0.2) is 0 Å². The highest BCUT2D eigenvalue weighted by molar-refractivity contribution is 5.78. The van der Waals surface area contributed by atoms with E-state index in [1.807, 2.05) is 43.7 Å². The first-order valence-corrected chi connectivity index (χ1v) is 6.63. The number of nitrogens with zero attached hydrogens (tertiary/aromatic N) is 2. The second kappa shape index (κ2) is 6.23. The molecule has 20 heavy (non-hydrogen) atoms. The molecule has 0 aliphatic rings. The number of nitrogens with one attached hydrogen (secondary N) is 2. The molecule has 0 saturated carbocycles. The summed E-state index contributed by atoms with van der Waals surface area (Å²) in [6, 6.07) is 8.10. The molecule has 5 heteroatoms. The van der Waals surface area contributed by atoms with Gasteiger partial charge in [-0.3, -0.25) is 9.48 Å². The molecule has 5 nitrogen and oxygen atoms in total. The van der Waals surface area contributed by atoms with Gasteiger partial charge in [-0.1, -0.05) is 12.1 Å². The molecule has 2 N–H and O–H groups in total. The lowest BCUT2D eigenvalue weighted by molar-refractivity contribution is -0.119. The Morgan fingerprint density at radius 1 is 1.35 bits per heavy atom. The van der Waals surface area contributed by atoms with Gasteiger partial charge < -0.3 is 10.6 Å². The van der Waals surface area contributed by atoms with Crippen LogP contribution in [0.3, 0.4) is 0 Å². The Kier molecular flexibility index (Phi) is 4.40. The molecule has 0 saturated heterocycles. The first kappa shape index (κ1) is 14.1. The van der Waals surface area contributed by atoms with E-state index in [1.165, 1.54) is 0 Å². The summed E-state index contributed by atoms with van der Waals surface area (Å²) in [6.45, 7) is 2.09. The molecule has 2 aromatic rings. The van der Waals surface area contributed by atoms with Crippen molar-refractivity contribution in [3.63, 3.8) is 0 Å². The number of carbonyl (C=O) groups excluding carboxylic acids is 1. The van der Waals surface area contributed by atoms with E-state index < -0.39 is 0 Å². The summed E-state index contributed by atoms with van der Waals surface area (Å²) in [5.74, 6) is 0.0226. The lowest BCUT2D eigenvalue weighted by atomic mass is 10.1. The number of aryl methyl sites for hydroxylation is 1. The maximum atomic E-state index is 11.3. The van der Waals surface area contributed by atoms with E-state index in [4.69, 9.17) is 0 Å². The van der Waals surface area contributed by atoms with Crippen LogP contribution in [0.15, 0.2) is 36.7 Å². The van der Waals surface area contributed by atoms with Crippen LogP contribution in [0.2, 0.25) is 0 Å². The SMILES string of the molecule is CNC(=O)Cc1ccc(NC(C)c2cnn(C)c2)cc1. The molecule has 1 heterocycles. The molecule has 1 atom stereocenters. The number of benzene rings is 1. The van der Waals surface area contributed by atoms with Crippen LogP contribution in [0.25, 0.3) is 0 Å². The van der Waals surface area contributed by atoms with Crippen molar-refractivity contribution in [3.05, 3.63) is 47.8 Å². The van der Waals surface area contributed by atoms with Gasteiger partial charge in [0.25, 0.3) is 0 Å². The van der Waals surface area contributed by atoms with Crippen molar-refractivity contribution >= 4 is 11.6 Å². The minimum absolute atomic E-state index is 0.0226. The normalized spacial score (nSPS) is 11.9. The summed E-state index contributed by atoms with van der Waals surface area (Å²) in [5, 5.41) is 10.2. The Hall–Kier alpha value is -2.30. The van der Waals surface area contributed by atoms with Crippen LogP contribution < -0.4 is 10.6 Å². The number of rotatable bonds is 5. The Morgan fingerprint density at radius 3 is 2.60 bits per heavy atom. The fourth-order valence-corrected chi connectivity index (χ4v) is 1.99. The molecule has 0 fully saturated rings. The van der Waals surface area contributed by atoms with Crippen LogP contribution in [0.4, 0.5) is 5.69 Å². The van der Waals surface area contributed by atoms with Crippen molar-refractivity contribution in [2.75, 3.05) is 12.4 Å². The van der Waals surface area contributed by atoms with Gasteiger partial charge in [0.05, 0.1) is 18.7 Å². The highest BCUT2D eigenvalue weighted by atomic mass is 16.1. The van der Waals surface area contributed by atoms with Crippen LogP contribution in [-0.4, -0.2) is 22.7 Å². The summed E-state index contributed by atoms with van der Waals surface area (Å²) in [6.07, 6.45) is 4.27. The maximum absolute atomic E-state index is 11.3. The van der Waals surface area contributed by atoms with Gasteiger partial charge in [0.2, 0.25) is 5.91 Å². The van der Waals surface area contributed by atoms with Gasteiger partial charge >= 0.3 is 0 Å². The van der Waals surface area contributed by atoms with Crippen LogP contribution >= 0.6 is 0 Å².